The predicted molar refractivity (Wildman–Crippen MR) is 94.5 cm³/mol. The molecule has 2 fully saturated rings. The normalized spacial score (nSPS) is 21.4. The van der Waals surface area contributed by atoms with Gasteiger partial charge < -0.3 is 15.0 Å². The Hall–Kier alpha value is -1.66. The second-order valence-corrected chi connectivity index (χ2v) is 7.19. The molecule has 0 radical (unpaired) electrons. The van der Waals surface area contributed by atoms with Gasteiger partial charge >= 0.3 is 0 Å². The summed E-state index contributed by atoms with van der Waals surface area (Å²) in [5.41, 5.74) is 2.15. The van der Waals surface area contributed by atoms with Gasteiger partial charge in [0.05, 0.1) is 11.9 Å². The summed E-state index contributed by atoms with van der Waals surface area (Å²) in [5, 5.41) is 8.34. The molecule has 4 rings (SSSR count). The maximum Gasteiger partial charge on any atom is 0.153 e. The molecule has 24 heavy (non-hydrogen) atoms. The van der Waals surface area contributed by atoms with E-state index in [9.17, 15) is 0 Å². The molecule has 0 unspecified atom stereocenters. The van der Waals surface area contributed by atoms with Crippen LogP contribution in [-0.4, -0.2) is 59.4 Å². The highest BCUT2D eigenvalue weighted by atomic mass is 16.5. The van der Waals surface area contributed by atoms with E-state index in [1.807, 2.05) is 16.8 Å². The fourth-order valence-electron chi connectivity index (χ4n) is 3.77. The van der Waals surface area contributed by atoms with E-state index < -0.39 is 0 Å². The summed E-state index contributed by atoms with van der Waals surface area (Å²) in [5.74, 6) is 2.20. The number of rotatable bonds is 4. The Morgan fingerprint density at radius 1 is 1.17 bits per heavy atom. The van der Waals surface area contributed by atoms with E-state index >= 15 is 0 Å². The molecular weight excluding hydrogens is 302 g/mol. The van der Waals surface area contributed by atoms with Crippen LogP contribution >= 0.6 is 0 Å². The lowest BCUT2D eigenvalue weighted by molar-refractivity contribution is 0.0841. The highest BCUT2D eigenvalue weighted by molar-refractivity contribution is 5.46. The zero-order valence-electron chi connectivity index (χ0n) is 14.4. The van der Waals surface area contributed by atoms with E-state index in [-0.39, 0.29) is 0 Å². The minimum atomic E-state index is 0.505. The van der Waals surface area contributed by atoms with Crippen LogP contribution in [-0.2, 0) is 4.74 Å². The first-order valence-corrected chi connectivity index (χ1v) is 9.14. The monoisotopic (exact) mass is 329 g/mol. The molecule has 0 aliphatic carbocycles. The molecule has 4 heterocycles. The van der Waals surface area contributed by atoms with Gasteiger partial charge in [-0.3, -0.25) is 0 Å². The zero-order chi connectivity index (χ0) is 16.4. The van der Waals surface area contributed by atoms with Crippen LogP contribution in [0.4, 0.5) is 5.82 Å². The van der Waals surface area contributed by atoms with Crippen molar-refractivity contribution < 1.29 is 4.74 Å². The first kappa shape index (κ1) is 15.8. The standard InChI is InChI=1S/C18H27N5O/c1-22-8-4-14(5-9-22)12-19-17-2-3-18-20-13-16(23(18)21-17)15-6-10-24-11-7-15/h2-3,13-15H,4-12H2,1H3,(H,19,21). The predicted octanol–water partition coefficient (Wildman–Crippen LogP) is 2.38. The van der Waals surface area contributed by atoms with Crippen molar-refractivity contribution in [1.29, 1.82) is 0 Å². The van der Waals surface area contributed by atoms with Crippen LogP contribution in [0.3, 0.4) is 0 Å². The van der Waals surface area contributed by atoms with Crippen molar-refractivity contribution >= 4 is 11.5 Å². The molecule has 0 atom stereocenters. The number of fused-ring (bicyclic) bond motifs is 1. The Morgan fingerprint density at radius 2 is 1.96 bits per heavy atom. The number of aromatic nitrogens is 3. The third-order valence-electron chi connectivity index (χ3n) is 5.44. The topological polar surface area (TPSA) is 54.7 Å². The van der Waals surface area contributed by atoms with Gasteiger partial charge in [-0.25, -0.2) is 9.50 Å². The third-order valence-corrected chi connectivity index (χ3v) is 5.44. The zero-order valence-corrected chi connectivity index (χ0v) is 14.4. The van der Waals surface area contributed by atoms with Crippen LogP contribution in [0, 0.1) is 5.92 Å². The molecule has 0 bridgehead atoms. The van der Waals surface area contributed by atoms with Crippen molar-refractivity contribution in [1.82, 2.24) is 19.5 Å². The van der Waals surface area contributed by atoms with E-state index in [0.29, 0.717) is 5.92 Å². The summed E-state index contributed by atoms with van der Waals surface area (Å²) in [7, 11) is 2.20. The average molecular weight is 329 g/mol. The molecule has 0 amide bonds. The fraction of sp³-hybridized carbons (Fsp3) is 0.667. The second kappa shape index (κ2) is 7.07. The molecule has 6 heteroatoms. The molecule has 2 saturated heterocycles. The van der Waals surface area contributed by atoms with Gasteiger partial charge in [0.2, 0.25) is 0 Å². The number of piperidine rings is 1. The first-order valence-electron chi connectivity index (χ1n) is 9.14. The van der Waals surface area contributed by atoms with E-state index in [4.69, 9.17) is 9.84 Å². The van der Waals surface area contributed by atoms with Crippen LogP contribution in [0.15, 0.2) is 18.3 Å². The maximum absolute atomic E-state index is 5.48. The Morgan fingerprint density at radius 3 is 2.75 bits per heavy atom. The van der Waals surface area contributed by atoms with Crippen LogP contribution in [0.2, 0.25) is 0 Å². The minimum Gasteiger partial charge on any atom is -0.381 e. The SMILES string of the molecule is CN1CCC(CNc2ccc3ncc(C4CCOCC4)n3n2)CC1. The van der Waals surface area contributed by atoms with E-state index in [0.717, 1.165) is 50.0 Å². The Labute approximate surface area is 143 Å². The molecule has 2 aromatic heterocycles. The molecule has 0 saturated carbocycles. The number of nitrogens with one attached hydrogen (secondary N) is 1. The van der Waals surface area contributed by atoms with Crippen LogP contribution in [0.5, 0.6) is 0 Å². The van der Waals surface area contributed by atoms with Crippen LogP contribution in [0.1, 0.15) is 37.3 Å². The average Bonchev–Trinajstić information content (AvgIpc) is 3.05. The van der Waals surface area contributed by atoms with Crippen molar-refractivity contribution in [3.05, 3.63) is 24.0 Å². The lowest BCUT2D eigenvalue weighted by atomic mass is 9.97. The number of ether oxygens (including phenoxy) is 1. The third kappa shape index (κ3) is 3.39. The van der Waals surface area contributed by atoms with Gasteiger partial charge in [0.1, 0.15) is 5.82 Å². The van der Waals surface area contributed by atoms with Crippen molar-refractivity contribution in [2.24, 2.45) is 5.92 Å². The molecular formula is C18H27N5O. The molecule has 2 aliphatic heterocycles. The Kier molecular flexibility index (Phi) is 4.67. The number of hydrogen-bond donors (Lipinski definition) is 1. The van der Waals surface area contributed by atoms with Crippen LogP contribution < -0.4 is 5.32 Å². The van der Waals surface area contributed by atoms with Crippen molar-refractivity contribution in [2.75, 3.05) is 45.2 Å². The summed E-state index contributed by atoms with van der Waals surface area (Å²) >= 11 is 0. The quantitative estimate of drug-likeness (QED) is 0.933. The molecule has 1 N–H and O–H groups in total. The van der Waals surface area contributed by atoms with Crippen LogP contribution in [0.25, 0.3) is 5.65 Å². The Bertz CT molecular complexity index is 671. The smallest absolute Gasteiger partial charge is 0.153 e. The van der Waals surface area contributed by atoms with Gasteiger partial charge in [-0.05, 0) is 63.9 Å². The van der Waals surface area contributed by atoms with E-state index in [1.54, 1.807) is 0 Å². The van der Waals surface area contributed by atoms with Gasteiger partial charge in [-0.2, -0.15) is 0 Å². The number of anilines is 1. The van der Waals surface area contributed by atoms with Gasteiger partial charge in [0, 0.05) is 25.7 Å². The molecule has 6 nitrogen and oxygen atoms in total. The summed E-state index contributed by atoms with van der Waals surface area (Å²) in [6, 6.07) is 4.11. The van der Waals surface area contributed by atoms with Crippen molar-refractivity contribution in [2.45, 2.75) is 31.6 Å². The number of hydrogen-bond acceptors (Lipinski definition) is 5. The molecule has 2 aliphatic rings. The summed E-state index contributed by atoms with van der Waals surface area (Å²) in [4.78, 5) is 6.93. The number of likely N-dealkylation sites (tertiary alicyclic amines) is 1. The first-order chi connectivity index (χ1) is 11.8. The highest BCUT2D eigenvalue weighted by Gasteiger charge is 2.21. The van der Waals surface area contributed by atoms with E-state index in [2.05, 4.69) is 28.3 Å². The molecule has 130 valence electrons. The number of nitrogens with zero attached hydrogens (tertiary/aromatic N) is 4. The Balaban J connectivity index is 1.46. The van der Waals surface area contributed by atoms with Crippen molar-refractivity contribution in [3.8, 4) is 0 Å². The molecule has 0 aromatic carbocycles. The van der Waals surface area contributed by atoms with Gasteiger partial charge in [-0.15, -0.1) is 5.10 Å². The fourth-order valence-corrected chi connectivity index (χ4v) is 3.77. The van der Waals surface area contributed by atoms with E-state index in [1.165, 1.54) is 31.6 Å². The van der Waals surface area contributed by atoms with Gasteiger partial charge in [-0.1, -0.05) is 0 Å². The van der Waals surface area contributed by atoms with Gasteiger partial charge in [0.25, 0.3) is 0 Å². The summed E-state index contributed by atoms with van der Waals surface area (Å²) in [6.07, 6.45) is 6.64. The number of imidazole rings is 1. The van der Waals surface area contributed by atoms with Crippen molar-refractivity contribution in [3.63, 3.8) is 0 Å². The largest absolute Gasteiger partial charge is 0.381 e. The highest BCUT2D eigenvalue weighted by Crippen LogP contribution is 2.27. The maximum atomic E-state index is 5.48. The molecule has 2 aromatic rings. The lowest BCUT2D eigenvalue weighted by Crippen LogP contribution is -2.33. The minimum absolute atomic E-state index is 0.505. The summed E-state index contributed by atoms with van der Waals surface area (Å²) in [6.45, 7) is 5.09. The lowest BCUT2D eigenvalue weighted by Gasteiger charge is -2.29. The second-order valence-electron chi connectivity index (χ2n) is 7.19. The van der Waals surface area contributed by atoms with Gasteiger partial charge in [0.15, 0.2) is 5.65 Å². The summed E-state index contributed by atoms with van der Waals surface area (Å²) < 4.78 is 7.50. The molecule has 0 spiro atoms.